The lowest BCUT2D eigenvalue weighted by Crippen LogP contribution is -2.42. The van der Waals surface area contributed by atoms with Crippen LogP contribution in [-0.2, 0) is 14.6 Å². The molecular formula is C35H47N7O4S. The quantitative estimate of drug-likeness (QED) is 0.169. The number of pyridine rings is 1. The highest BCUT2D eigenvalue weighted by molar-refractivity contribution is 7.92. The number of ether oxygens (including phenoxy) is 1. The second kappa shape index (κ2) is 13.9. The number of likely N-dealkylation sites (tertiary alicyclic amines) is 1. The Labute approximate surface area is 278 Å². The minimum Gasteiger partial charge on any atom is -0.489 e. The number of hydrogen-bond donors (Lipinski definition) is 3. The number of aromatic amines is 1. The number of benzene rings is 2. The first kappa shape index (κ1) is 34.2. The third-order valence-electron chi connectivity index (χ3n) is 8.52. The minimum absolute atomic E-state index is 0.0577. The summed E-state index contributed by atoms with van der Waals surface area (Å²) in [5, 5.41) is 14.5. The average molecular weight is 662 g/mol. The Hall–Kier alpha value is -4.16. The van der Waals surface area contributed by atoms with Crippen LogP contribution in [0.15, 0.2) is 47.4 Å². The molecule has 1 fully saturated rings. The molecular weight excluding hydrogens is 614 g/mol. The zero-order valence-corrected chi connectivity index (χ0v) is 29.5. The molecule has 1 aliphatic heterocycles. The summed E-state index contributed by atoms with van der Waals surface area (Å²) in [4.78, 5) is 21.6. The van der Waals surface area contributed by atoms with Gasteiger partial charge in [-0.25, -0.2) is 13.4 Å². The number of anilines is 4. The van der Waals surface area contributed by atoms with E-state index in [4.69, 9.17) is 9.72 Å². The fourth-order valence-electron chi connectivity index (χ4n) is 6.08. The van der Waals surface area contributed by atoms with Crippen LogP contribution in [0.2, 0.25) is 0 Å². The molecule has 1 aliphatic rings. The van der Waals surface area contributed by atoms with Crippen LogP contribution in [0.25, 0.3) is 10.9 Å². The Morgan fingerprint density at radius 2 is 1.74 bits per heavy atom. The van der Waals surface area contributed by atoms with E-state index in [1.165, 1.54) is 5.56 Å². The Balaban J connectivity index is 1.47. The summed E-state index contributed by atoms with van der Waals surface area (Å²) < 4.78 is 32.7. The van der Waals surface area contributed by atoms with Crippen LogP contribution in [0.1, 0.15) is 63.3 Å². The predicted molar refractivity (Wildman–Crippen MR) is 188 cm³/mol. The highest BCUT2D eigenvalue weighted by Crippen LogP contribution is 2.39. The fraction of sp³-hybridized carbons (Fsp3) is 0.457. The highest BCUT2D eigenvalue weighted by atomic mass is 32.2. The number of carbonyl (C=O) groups is 1. The molecule has 2 aromatic heterocycles. The lowest BCUT2D eigenvalue weighted by Gasteiger charge is -2.34. The van der Waals surface area contributed by atoms with Crippen molar-refractivity contribution in [2.45, 2.75) is 76.6 Å². The van der Waals surface area contributed by atoms with E-state index < -0.39 is 15.1 Å². The van der Waals surface area contributed by atoms with Gasteiger partial charge in [0, 0.05) is 24.8 Å². The smallest absolute Gasteiger partial charge is 0.236 e. The Bertz CT molecular complexity index is 1860. The second-order valence-electron chi connectivity index (χ2n) is 13.2. The number of para-hydroxylation sites is 1. The van der Waals surface area contributed by atoms with Crippen molar-refractivity contribution in [1.29, 1.82) is 0 Å². The number of aromatic nitrogens is 3. The summed E-state index contributed by atoms with van der Waals surface area (Å²) >= 11 is 0. The van der Waals surface area contributed by atoms with Crippen LogP contribution in [0.4, 0.5) is 23.0 Å². The number of carbonyl (C=O) groups excluding carboxylic acids is 1. The van der Waals surface area contributed by atoms with Crippen molar-refractivity contribution < 1.29 is 17.9 Å². The number of nitrogens with one attached hydrogen (secondary N) is 3. The molecule has 0 unspecified atom stereocenters. The number of nitrogens with zero attached hydrogens (tertiary/aromatic N) is 4. The Kier molecular flexibility index (Phi) is 10.1. The van der Waals surface area contributed by atoms with Gasteiger partial charge in [-0.2, -0.15) is 5.10 Å². The molecule has 3 heterocycles. The van der Waals surface area contributed by atoms with Crippen molar-refractivity contribution in [3.05, 3.63) is 59.3 Å². The van der Waals surface area contributed by atoms with Gasteiger partial charge in [0.2, 0.25) is 5.91 Å². The summed E-state index contributed by atoms with van der Waals surface area (Å²) in [6.45, 7) is 13.3. The molecule has 0 saturated carbocycles. The number of piperidine rings is 1. The molecule has 0 spiro atoms. The summed E-state index contributed by atoms with van der Waals surface area (Å²) in [7, 11) is 0.282. The van der Waals surface area contributed by atoms with Gasteiger partial charge in [0.05, 0.1) is 45.1 Å². The van der Waals surface area contributed by atoms with Gasteiger partial charge in [0.15, 0.2) is 9.84 Å². The summed E-state index contributed by atoms with van der Waals surface area (Å²) in [5.41, 5.74) is 5.07. The molecule has 5 rings (SSSR count). The van der Waals surface area contributed by atoms with Crippen molar-refractivity contribution in [1.82, 2.24) is 25.0 Å². The van der Waals surface area contributed by atoms with Gasteiger partial charge >= 0.3 is 0 Å². The standard InChI is InChI=1S/C35H47N7O4S/c1-21(2)46-30-18-26(25-13-15-42(16-14-25)33(43)20-41(7)8)23(5)17-28(30)36-32-19-29-34(24(6)39-40-29)35(38-32)37-27-11-9-10-12-31(27)47(44,45)22(3)4/h9-12,17-19,21-22,25H,13-16,20H2,1-8H3,(H,39,40)(H2,36,37,38). The number of H-pyrrole nitrogens is 1. The van der Waals surface area contributed by atoms with Gasteiger partial charge in [-0.3, -0.25) is 9.89 Å². The summed E-state index contributed by atoms with van der Waals surface area (Å²) in [5.74, 6) is 2.22. The Morgan fingerprint density at radius 1 is 1.04 bits per heavy atom. The normalized spacial score (nSPS) is 14.4. The summed E-state index contributed by atoms with van der Waals surface area (Å²) in [6, 6.07) is 13.0. The van der Waals surface area contributed by atoms with E-state index in [1.54, 1.807) is 38.1 Å². The van der Waals surface area contributed by atoms with E-state index in [-0.39, 0.29) is 16.9 Å². The van der Waals surface area contributed by atoms with E-state index in [1.807, 2.05) is 50.7 Å². The van der Waals surface area contributed by atoms with Gasteiger partial charge in [0.25, 0.3) is 0 Å². The molecule has 3 N–H and O–H groups in total. The summed E-state index contributed by atoms with van der Waals surface area (Å²) in [6.07, 6.45) is 1.74. The van der Waals surface area contributed by atoms with E-state index in [2.05, 4.69) is 39.9 Å². The third-order valence-corrected chi connectivity index (χ3v) is 10.7. The number of likely N-dealkylation sites (N-methyl/N-ethyl adjacent to an activating group) is 1. The molecule has 1 amide bonds. The highest BCUT2D eigenvalue weighted by Gasteiger charge is 2.27. The first-order valence-electron chi connectivity index (χ1n) is 16.2. The van der Waals surface area contributed by atoms with Crippen LogP contribution in [0, 0.1) is 13.8 Å². The molecule has 11 nitrogen and oxygen atoms in total. The topological polar surface area (TPSA) is 133 Å². The van der Waals surface area contributed by atoms with Gasteiger partial charge in [0.1, 0.15) is 17.4 Å². The predicted octanol–water partition coefficient (Wildman–Crippen LogP) is 6.30. The third kappa shape index (κ3) is 7.54. The number of fused-ring (bicyclic) bond motifs is 1. The zero-order chi connectivity index (χ0) is 34.0. The van der Waals surface area contributed by atoms with E-state index in [9.17, 15) is 13.2 Å². The zero-order valence-electron chi connectivity index (χ0n) is 28.6. The molecule has 0 bridgehead atoms. The van der Waals surface area contributed by atoms with Crippen molar-refractivity contribution in [2.24, 2.45) is 0 Å². The SMILES string of the molecule is Cc1cc(Nc2cc3n[nH]c(C)c3c(Nc3ccccc3S(=O)(=O)C(C)C)n2)c(OC(C)C)cc1C1CCN(C(=O)CN(C)C)CC1. The molecule has 252 valence electrons. The average Bonchev–Trinajstić information content (AvgIpc) is 3.38. The molecule has 0 aliphatic carbocycles. The first-order valence-corrected chi connectivity index (χ1v) is 17.8. The Morgan fingerprint density at radius 3 is 2.40 bits per heavy atom. The van der Waals surface area contributed by atoms with E-state index >= 15 is 0 Å². The second-order valence-corrected chi connectivity index (χ2v) is 15.7. The van der Waals surface area contributed by atoms with E-state index in [0.29, 0.717) is 35.3 Å². The van der Waals surface area contributed by atoms with Gasteiger partial charge < -0.3 is 25.2 Å². The van der Waals surface area contributed by atoms with Gasteiger partial charge in [-0.05, 0) is 110 Å². The lowest BCUT2D eigenvalue weighted by atomic mass is 9.86. The maximum absolute atomic E-state index is 13.2. The molecule has 2 aromatic carbocycles. The molecule has 0 atom stereocenters. The van der Waals surface area contributed by atoms with Crippen LogP contribution < -0.4 is 15.4 Å². The van der Waals surface area contributed by atoms with E-state index in [0.717, 1.165) is 54.0 Å². The number of amides is 1. The maximum atomic E-state index is 13.2. The molecule has 4 aromatic rings. The van der Waals surface area contributed by atoms with Crippen molar-refractivity contribution >= 4 is 49.7 Å². The largest absolute Gasteiger partial charge is 0.489 e. The van der Waals surface area contributed by atoms with Crippen LogP contribution in [-0.4, -0.2) is 84.4 Å². The molecule has 47 heavy (non-hydrogen) atoms. The number of rotatable bonds is 11. The number of aryl methyl sites for hydroxylation is 2. The molecule has 0 radical (unpaired) electrons. The monoisotopic (exact) mass is 661 g/mol. The van der Waals surface area contributed by atoms with Gasteiger partial charge in [-0.1, -0.05) is 12.1 Å². The number of hydrogen-bond acceptors (Lipinski definition) is 9. The van der Waals surface area contributed by atoms with Crippen molar-refractivity contribution in [3.8, 4) is 5.75 Å². The first-order chi connectivity index (χ1) is 22.2. The number of sulfone groups is 1. The van der Waals surface area contributed by atoms with Crippen LogP contribution >= 0.6 is 0 Å². The maximum Gasteiger partial charge on any atom is 0.236 e. The minimum atomic E-state index is -3.55. The van der Waals surface area contributed by atoms with Gasteiger partial charge in [-0.15, -0.1) is 0 Å². The molecule has 1 saturated heterocycles. The van der Waals surface area contributed by atoms with Crippen LogP contribution in [0.3, 0.4) is 0 Å². The van der Waals surface area contributed by atoms with Crippen molar-refractivity contribution in [2.75, 3.05) is 44.4 Å². The lowest BCUT2D eigenvalue weighted by molar-refractivity contribution is -0.132. The van der Waals surface area contributed by atoms with Crippen molar-refractivity contribution in [3.63, 3.8) is 0 Å². The molecule has 12 heteroatoms. The van der Waals surface area contributed by atoms with Crippen LogP contribution in [0.5, 0.6) is 5.75 Å². The fourth-order valence-corrected chi connectivity index (χ4v) is 7.29.